The predicted octanol–water partition coefficient (Wildman–Crippen LogP) is 3.02. The number of fused-ring (bicyclic) bond motifs is 2. The largest absolute Gasteiger partial charge is 0.494 e. The molecular weight excluding hydrogens is 440 g/mol. The van der Waals surface area contributed by atoms with Crippen LogP contribution >= 0.6 is 11.3 Å². The van der Waals surface area contributed by atoms with E-state index in [4.69, 9.17) is 10.5 Å². The molecule has 0 radical (unpaired) electrons. The van der Waals surface area contributed by atoms with E-state index < -0.39 is 21.2 Å². The Kier molecular flexibility index (Phi) is 4.51. The van der Waals surface area contributed by atoms with E-state index in [0.29, 0.717) is 27.5 Å². The Hall–Kier alpha value is -2.69. The third kappa shape index (κ3) is 3.08. The van der Waals surface area contributed by atoms with Gasteiger partial charge in [-0.1, -0.05) is 0 Å². The highest BCUT2D eigenvalue weighted by Gasteiger charge is 2.35. The van der Waals surface area contributed by atoms with Gasteiger partial charge in [-0.3, -0.25) is 4.79 Å². The summed E-state index contributed by atoms with van der Waals surface area (Å²) in [7, 11) is -1.91. The third-order valence-electron chi connectivity index (χ3n) is 5.96. The first-order valence-corrected chi connectivity index (χ1v) is 12.3. The van der Waals surface area contributed by atoms with Crippen LogP contribution in [0.3, 0.4) is 0 Å². The molecule has 1 aliphatic carbocycles. The molecule has 1 saturated carbocycles. The van der Waals surface area contributed by atoms with Crippen LogP contribution in [0.15, 0.2) is 27.3 Å². The van der Waals surface area contributed by atoms with Gasteiger partial charge in [0.15, 0.2) is 15.6 Å². The lowest BCUT2D eigenvalue weighted by molar-refractivity contribution is 0.0695. The van der Waals surface area contributed by atoms with Gasteiger partial charge in [0.2, 0.25) is 5.43 Å². The number of sulfone groups is 1. The molecule has 1 fully saturated rings. The SMILES string of the molecule is COc1c(-c2cc3c(s2)S(=O)(=O)CCC3N)c(C2CC2)cc2c(=O)c(C(=O)O)c[nH]c12. The Morgan fingerprint density at radius 2 is 2.00 bits per heavy atom. The van der Waals surface area contributed by atoms with Gasteiger partial charge in [-0.25, -0.2) is 13.2 Å². The Labute approximate surface area is 181 Å². The summed E-state index contributed by atoms with van der Waals surface area (Å²) in [6, 6.07) is 3.20. The van der Waals surface area contributed by atoms with E-state index in [1.54, 1.807) is 6.07 Å². The van der Waals surface area contributed by atoms with Gasteiger partial charge in [-0.15, -0.1) is 11.3 Å². The highest BCUT2D eigenvalue weighted by Crippen LogP contribution is 2.52. The van der Waals surface area contributed by atoms with Crippen molar-refractivity contribution in [2.75, 3.05) is 12.9 Å². The molecule has 1 aliphatic heterocycles. The first-order valence-electron chi connectivity index (χ1n) is 9.85. The number of aromatic amines is 1. The average Bonchev–Trinajstić information content (AvgIpc) is 3.47. The number of hydrogen-bond acceptors (Lipinski definition) is 7. The Balaban J connectivity index is 1.84. The smallest absolute Gasteiger partial charge is 0.341 e. The van der Waals surface area contributed by atoms with Gasteiger partial charge in [0.1, 0.15) is 9.77 Å². The van der Waals surface area contributed by atoms with Gasteiger partial charge in [-0.2, -0.15) is 0 Å². The molecule has 2 aliphatic rings. The second-order valence-electron chi connectivity index (χ2n) is 7.97. The standard InChI is InChI=1S/C21H20N2O6S2/c1-29-19-16(15-7-11-14(22)4-5-31(27,28)21(11)30-15)10(9-2-3-9)6-12-17(19)23-8-13(18(12)24)20(25)26/h6-9,14H,2-5,22H2,1H3,(H,23,24)(H,25,26). The van der Waals surface area contributed by atoms with Gasteiger partial charge in [0, 0.05) is 22.7 Å². The Bertz CT molecular complexity index is 1420. The van der Waals surface area contributed by atoms with Crippen LogP contribution in [0.4, 0.5) is 0 Å². The molecular formula is C21H20N2O6S2. The molecule has 4 N–H and O–H groups in total. The highest BCUT2D eigenvalue weighted by molar-refractivity contribution is 7.93. The van der Waals surface area contributed by atoms with Crippen LogP contribution < -0.4 is 15.9 Å². The number of nitrogens with two attached hydrogens (primary N) is 1. The zero-order chi connectivity index (χ0) is 22.1. The quantitative estimate of drug-likeness (QED) is 0.544. The lowest BCUT2D eigenvalue weighted by atomic mass is 9.96. The van der Waals surface area contributed by atoms with E-state index in [-0.39, 0.29) is 28.7 Å². The maximum Gasteiger partial charge on any atom is 0.341 e. The van der Waals surface area contributed by atoms with Crippen LogP contribution in [-0.2, 0) is 9.84 Å². The Morgan fingerprint density at radius 1 is 1.26 bits per heavy atom. The number of aromatic nitrogens is 1. The molecule has 0 amide bonds. The monoisotopic (exact) mass is 460 g/mol. The number of carbonyl (C=O) groups is 1. The van der Waals surface area contributed by atoms with Gasteiger partial charge < -0.3 is 20.6 Å². The first-order chi connectivity index (χ1) is 14.7. The molecule has 3 heterocycles. The normalized spacial score (nSPS) is 19.9. The molecule has 5 rings (SSSR count). The lowest BCUT2D eigenvalue weighted by Crippen LogP contribution is -2.23. The molecule has 0 bridgehead atoms. The number of carboxylic acid groups (broad SMARTS) is 1. The van der Waals surface area contributed by atoms with Crippen molar-refractivity contribution in [1.29, 1.82) is 0 Å². The second kappa shape index (κ2) is 6.91. The fourth-order valence-corrected chi connectivity index (χ4v) is 7.61. The minimum atomic E-state index is -3.39. The molecule has 0 saturated heterocycles. The summed E-state index contributed by atoms with van der Waals surface area (Å²) in [5.74, 6) is -0.676. The van der Waals surface area contributed by atoms with Crippen molar-refractivity contribution in [2.24, 2.45) is 5.73 Å². The van der Waals surface area contributed by atoms with Crippen molar-refractivity contribution in [3.8, 4) is 16.2 Å². The van der Waals surface area contributed by atoms with Crippen LogP contribution in [0.2, 0.25) is 0 Å². The number of pyridine rings is 1. The van der Waals surface area contributed by atoms with Crippen molar-refractivity contribution in [1.82, 2.24) is 4.98 Å². The van der Waals surface area contributed by atoms with Gasteiger partial charge >= 0.3 is 5.97 Å². The van der Waals surface area contributed by atoms with E-state index in [1.807, 2.05) is 6.07 Å². The van der Waals surface area contributed by atoms with Crippen molar-refractivity contribution in [3.63, 3.8) is 0 Å². The minimum Gasteiger partial charge on any atom is -0.494 e. The molecule has 8 nitrogen and oxygen atoms in total. The summed E-state index contributed by atoms with van der Waals surface area (Å²) >= 11 is 1.17. The van der Waals surface area contributed by atoms with Crippen molar-refractivity contribution in [3.05, 3.63) is 45.2 Å². The van der Waals surface area contributed by atoms with Crippen molar-refractivity contribution in [2.45, 2.75) is 35.4 Å². The Morgan fingerprint density at radius 3 is 2.61 bits per heavy atom. The van der Waals surface area contributed by atoms with Crippen LogP contribution in [0.1, 0.15) is 52.7 Å². The number of ether oxygens (including phenoxy) is 1. The molecule has 10 heteroatoms. The fraction of sp³-hybridized carbons (Fsp3) is 0.333. The lowest BCUT2D eigenvalue weighted by Gasteiger charge is -2.17. The second-order valence-corrected chi connectivity index (χ2v) is 11.3. The zero-order valence-corrected chi connectivity index (χ0v) is 18.2. The number of nitrogens with one attached hydrogen (secondary N) is 1. The first kappa shape index (κ1) is 20.2. The fourth-order valence-electron chi connectivity index (χ4n) is 4.23. The molecule has 3 aromatic rings. The summed E-state index contributed by atoms with van der Waals surface area (Å²) in [5.41, 5.74) is 7.88. The van der Waals surface area contributed by atoms with Crippen LogP contribution in [-0.4, -0.2) is 37.3 Å². The maximum atomic E-state index is 12.8. The number of H-pyrrole nitrogens is 1. The minimum absolute atomic E-state index is 0.0245. The topological polar surface area (TPSA) is 140 Å². The molecule has 2 aromatic heterocycles. The molecule has 1 aromatic carbocycles. The number of methoxy groups -OCH3 is 1. The summed E-state index contributed by atoms with van der Waals surface area (Å²) in [4.78, 5) is 27.9. The summed E-state index contributed by atoms with van der Waals surface area (Å²) in [6.45, 7) is 0. The van der Waals surface area contributed by atoms with Crippen LogP contribution in [0.5, 0.6) is 5.75 Å². The van der Waals surface area contributed by atoms with Gasteiger partial charge in [0.25, 0.3) is 0 Å². The van der Waals surface area contributed by atoms with Gasteiger partial charge in [0.05, 0.1) is 23.8 Å². The number of thiophene rings is 1. The summed E-state index contributed by atoms with van der Waals surface area (Å²) < 4.78 is 31.3. The highest BCUT2D eigenvalue weighted by atomic mass is 32.2. The van der Waals surface area contributed by atoms with E-state index in [1.165, 1.54) is 18.4 Å². The van der Waals surface area contributed by atoms with Crippen LogP contribution in [0.25, 0.3) is 21.3 Å². The average molecular weight is 461 g/mol. The molecule has 1 unspecified atom stereocenters. The molecule has 0 spiro atoms. The molecule has 31 heavy (non-hydrogen) atoms. The zero-order valence-electron chi connectivity index (χ0n) is 16.6. The number of aromatic carboxylic acids is 1. The molecule has 162 valence electrons. The van der Waals surface area contributed by atoms with E-state index in [9.17, 15) is 23.1 Å². The van der Waals surface area contributed by atoms with Gasteiger partial charge in [-0.05, 0) is 48.4 Å². The maximum absolute atomic E-state index is 12.8. The number of benzene rings is 1. The summed E-state index contributed by atoms with van der Waals surface area (Å²) in [6.07, 6.45) is 3.40. The van der Waals surface area contributed by atoms with E-state index in [0.717, 1.165) is 35.0 Å². The molecule has 1 atom stereocenters. The van der Waals surface area contributed by atoms with E-state index >= 15 is 0 Å². The number of rotatable bonds is 4. The predicted molar refractivity (Wildman–Crippen MR) is 117 cm³/mol. The van der Waals surface area contributed by atoms with Crippen molar-refractivity contribution < 1.29 is 23.1 Å². The third-order valence-corrected chi connectivity index (χ3v) is 9.51. The van der Waals surface area contributed by atoms with Crippen molar-refractivity contribution >= 4 is 38.0 Å². The summed E-state index contributed by atoms with van der Waals surface area (Å²) in [5, 5.41) is 9.57. The van der Waals surface area contributed by atoms with E-state index in [2.05, 4.69) is 4.98 Å². The number of hydrogen-bond donors (Lipinski definition) is 3. The number of carboxylic acids is 1. The van der Waals surface area contributed by atoms with Crippen LogP contribution in [0, 0.1) is 0 Å².